The molecule has 4 rings (SSSR count). The number of carbonyl (C=O) groups is 4. The maximum Gasteiger partial charge on any atom is 0.339 e. The Labute approximate surface area is 254 Å². The molecule has 0 saturated heterocycles. The van der Waals surface area contributed by atoms with Crippen molar-refractivity contribution in [2.75, 3.05) is 17.7 Å². The Bertz CT molecular complexity index is 1650. The number of hydrogen-bond donors (Lipinski definition) is 3. The monoisotopic (exact) mass is 593 g/mol. The van der Waals surface area contributed by atoms with Crippen LogP contribution in [0.1, 0.15) is 38.8 Å². The summed E-state index contributed by atoms with van der Waals surface area (Å²) in [7, 11) is 1.28. The second kappa shape index (κ2) is 14.7. The number of aryl methyl sites for hydroxylation is 1. The van der Waals surface area contributed by atoms with Gasteiger partial charge >= 0.3 is 5.97 Å². The van der Waals surface area contributed by atoms with Gasteiger partial charge in [0, 0.05) is 16.1 Å². The third-order valence-corrected chi connectivity index (χ3v) is 7.38. The van der Waals surface area contributed by atoms with Gasteiger partial charge in [-0.2, -0.15) is 0 Å². The molecule has 0 bridgehead atoms. The van der Waals surface area contributed by atoms with Crippen LogP contribution in [0.2, 0.25) is 0 Å². The topological polar surface area (TPSA) is 114 Å². The zero-order valence-electron chi connectivity index (χ0n) is 23.9. The number of anilines is 2. The molecule has 0 aromatic heterocycles. The Balaban J connectivity index is 1.47. The molecule has 218 valence electrons. The van der Waals surface area contributed by atoms with Crippen LogP contribution >= 0.6 is 11.8 Å². The quantitative estimate of drug-likeness (QED) is 0.113. The Hall–Kier alpha value is -5.15. The van der Waals surface area contributed by atoms with Gasteiger partial charge in [-0.25, -0.2) is 4.79 Å². The fourth-order valence-electron chi connectivity index (χ4n) is 3.99. The number of thioether (sulfide) groups is 1. The molecular formula is C34H31N3O5S. The lowest BCUT2D eigenvalue weighted by Gasteiger charge is -2.15. The van der Waals surface area contributed by atoms with Gasteiger partial charge in [-0.3, -0.25) is 14.4 Å². The van der Waals surface area contributed by atoms with E-state index in [1.165, 1.54) is 18.9 Å². The van der Waals surface area contributed by atoms with E-state index in [-0.39, 0.29) is 17.2 Å². The van der Waals surface area contributed by atoms with Crippen molar-refractivity contribution < 1.29 is 23.9 Å². The zero-order chi connectivity index (χ0) is 30.8. The van der Waals surface area contributed by atoms with E-state index in [1.807, 2.05) is 43.3 Å². The number of rotatable bonds is 10. The van der Waals surface area contributed by atoms with Crippen molar-refractivity contribution in [3.63, 3.8) is 0 Å². The Morgan fingerprint density at radius 3 is 2.23 bits per heavy atom. The summed E-state index contributed by atoms with van der Waals surface area (Å²) >= 11 is 1.29. The van der Waals surface area contributed by atoms with Gasteiger partial charge in [0.15, 0.2) is 0 Å². The van der Waals surface area contributed by atoms with Crippen molar-refractivity contribution >= 4 is 52.9 Å². The average Bonchev–Trinajstić information content (AvgIpc) is 3.02. The summed E-state index contributed by atoms with van der Waals surface area (Å²) in [5, 5.41) is 7.85. The first-order valence-corrected chi connectivity index (χ1v) is 14.3. The number of amides is 3. The third kappa shape index (κ3) is 8.67. The van der Waals surface area contributed by atoms with Crippen molar-refractivity contribution in [3.05, 3.63) is 131 Å². The fourth-order valence-corrected chi connectivity index (χ4v) is 4.92. The van der Waals surface area contributed by atoms with Crippen molar-refractivity contribution in [2.45, 2.75) is 24.0 Å². The van der Waals surface area contributed by atoms with Gasteiger partial charge in [0.1, 0.15) is 5.70 Å². The Morgan fingerprint density at radius 2 is 1.51 bits per heavy atom. The van der Waals surface area contributed by atoms with E-state index in [2.05, 4.69) is 16.0 Å². The molecule has 1 unspecified atom stereocenters. The molecule has 0 fully saturated rings. The number of nitrogens with one attached hydrogen (secondary N) is 3. The molecule has 3 amide bonds. The van der Waals surface area contributed by atoms with Gasteiger partial charge in [-0.05, 0) is 68.0 Å². The van der Waals surface area contributed by atoms with E-state index in [4.69, 9.17) is 4.74 Å². The maximum absolute atomic E-state index is 13.4. The van der Waals surface area contributed by atoms with Gasteiger partial charge < -0.3 is 20.7 Å². The molecule has 0 heterocycles. The first-order chi connectivity index (χ1) is 20.7. The lowest BCUT2D eigenvalue weighted by molar-refractivity contribution is -0.115. The molecule has 3 N–H and O–H groups in total. The van der Waals surface area contributed by atoms with Crippen LogP contribution in [0.4, 0.5) is 11.4 Å². The summed E-state index contributed by atoms with van der Waals surface area (Å²) in [5.41, 5.74) is 3.43. The summed E-state index contributed by atoms with van der Waals surface area (Å²) in [6.07, 6.45) is 1.62. The van der Waals surface area contributed by atoms with Gasteiger partial charge in [-0.15, -0.1) is 11.8 Å². The van der Waals surface area contributed by atoms with Crippen LogP contribution in [0.25, 0.3) is 6.08 Å². The lowest BCUT2D eigenvalue weighted by atomic mass is 10.1. The number of benzene rings is 4. The summed E-state index contributed by atoms with van der Waals surface area (Å²) in [4.78, 5) is 52.0. The molecule has 0 aliphatic carbocycles. The minimum atomic E-state index is -0.546. The molecule has 4 aromatic carbocycles. The molecule has 43 heavy (non-hydrogen) atoms. The second-order valence-electron chi connectivity index (χ2n) is 9.56. The maximum atomic E-state index is 13.4. The molecule has 0 spiro atoms. The van der Waals surface area contributed by atoms with Gasteiger partial charge in [0.2, 0.25) is 5.91 Å². The minimum Gasteiger partial charge on any atom is -0.465 e. The van der Waals surface area contributed by atoms with Crippen LogP contribution in [-0.2, 0) is 14.3 Å². The van der Waals surface area contributed by atoms with Gasteiger partial charge in [0.05, 0.1) is 23.6 Å². The highest BCUT2D eigenvalue weighted by Crippen LogP contribution is 2.27. The first-order valence-electron chi connectivity index (χ1n) is 13.4. The number of methoxy groups -OCH3 is 1. The number of para-hydroxylation sites is 1. The molecule has 8 nitrogen and oxygen atoms in total. The molecule has 0 radical (unpaired) electrons. The number of carbonyl (C=O) groups excluding carboxylic acids is 4. The van der Waals surface area contributed by atoms with Crippen molar-refractivity contribution in [1.82, 2.24) is 5.32 Å². The van der Waals surface area contributed by atoms with E-state index < -0.39 is 23.0 Å². The van der Waals surface area contributed by atoms with Crippen molar-refractivity contribution in [1.29, 1.82) is 0 Å². The van der Waals surface area contributed by atoms with Gasteiger partial charge in [-0.1, -0.05) is 66.2 Å². The highest BCUT2D eigenvalue weighted by Gasteiger charge is 2.19. The predicted octanol–water partition coefficient (Wildman–Crippen LogP) is 6.31. The SMILES string of the molecule is COC(=O)c1ccccc1NC(=O)C(C)Sc1cccc(NC(=O)/C(=C\c2ccc(C)cc2)NC(=O)c2ccccc2)c1. The molecular weight excluding hydrogens is 562 g/mol. The van der Waals surface area contributed by atoms with E-state index >= 15 is 0 Å². The fraction of sp³-hybridized carbons (Fsp3) is 0.118. The van der Waals surface area contributed by atoms with Crippen LogP contribution in [0.3, 0.4) is 0 Å². The van der Waals surface area contributed by atoms with Crippen LogP contribution in [0.5, 0.6) is 0 Å². The standard InChI is InChI=1S/C34H31N3O5S/c1-22-16-18-24(19-17-22)20-30(37-32(39)25-10-5-4-6-11-25)33(40)35-26-12-9-13-27(21-26)43-23(2)31(38)36-29-15-8-7-14-28(29)34(41)42-3/h4-21,23H,1-3H3,(H,35,40)(H,36,38)(H,37,39)/b30-20+. The highest BCUT2D eigenvalue weighted by atomic mass is 32.2. The third-order valence-electron chi connectivity index (χ3n) is 6.28. The number of ether oxygens (including phenoxy) is 1. The lowest BCUT2D eigenvalue weighted by Crippen LogP contribution is -2.30. The summed E-state index contributed by atoms with van der Waals surface area (Å²) in [6, 6.07) is 29.9. The highest BCUT2D eigenvalue weighted by molar-refractivity contribution is 8.00. The summed E-state index contributed by atoms with van der Waals surface area (Å²) < 4.78 is 4.80. The molecule has 1 atom stereocenters. The summed E-state index contributed by atoms with van der Waals surface area (Å²) in [6.45, 7) is 3.71. The largest absolute Gasteiger partial charge is 0.465 e. The van der Waals surface area contributed by atoms with E-state index in [0.29, 0.717) is 16.9 Å². The van der Waals surface area contributed by atoms with Crippen molar-refractivity contribution in [3.8, 4) is 0 Å². The van der Waals surface area contributed by atoms with Crippen LogP contribution in [-0.4, -0.2) is 36.1 Å². The molecule has 9 heteroatoms. The molecule has 0 aliphatic heterocycles. The smallest absolute Gasteiger partial charge is 0.339 e. The van der Waals surface area contributed by atoms with Gasteiger partial charge in [0.25, 0.3) is 11.8 Å². The molecule has 0 saturated carbocycles. The molecule has 0 aliphatic rings. The summed E-state index contributed by atoms with van der Waals surface area (Å²) in [5.74, 6) is -1.76. The Kier molecular flexibility index (Phi) is 10.5. The number of hydrogen-bond acceptors (Lipinski definition) is 6. The van der Waals surface area contributed by atoms with Crippen molar-refractivity contribution in [2.24, 2.45) is 0 Å². The second-order valence-corrected chi connectivity index (χ2v) is 11.0. The molecule has 4 aromatic rings. The normalized spacial score (nSPS) is 11.7. The van der Waals surface area contributed by atoms with E-state index in [1.54, 1.807) is 79.7 Å². The first kappa shape index (κ1) is 30.8. The Morgan fingerprint density at radius 1 is 0.814 bits per heavy atom. The van der Waals surface area contributed by atoms with Crippen LogP contribution in [0.15, 0.2) is 114 Å². The predicted molar refractivity (Wildman–Crippen MR) is 170 cm³/mol. The van der Waals surface area contributed by atoms with E-state index in [0.717, 1.165) is 16.0 Å². The zero-order valence-corrected chi connectivity index (χ0v) is 24.7. The van der Waals surface area contributed by atoms with E-state index in [9.17, 15) is 19.2 Å². The number of esters is 1. The van der Waals surface area contributed by atoms with Crippen LogP contribution < -0.4 is 16.0 Å². The van der Waals surface area contributed by atoms with Crippen LogP contribution in [0, 0.1) is 6.92 Å². The minimum absolute atomic E-state index is 0.0766. The average molecular weight is 594 g/mol.